The van der Waals surface area contributed by atoms with Crippen LogP contribution in [0.5, 0.6) is 0 Å². The molecule has 598 valence electrons. The van der Waals surface area contributed by atoms with Gasteiger partial charge in [0, 0.05) is 6.42 Å². The van der Waals surface area contributed by atoms with Crippen LogP contribution in [0, 0.1) is 0 Å². The molecule has 0 radical (unpaired) electrons. The van der Waals surface area contributed by atoms with Gasteiger partial charge in [0.15, 0.2) is 18.9 Å². The maximum absolute atomic E-state index is 13.5. The maximum atomic E-state index is 13.5. The van der Waals surface area contributed by atoms with Crippen LogP contribution in [0.2, 0.25) is 0 Å². The van der Waals surface area contributed by atoms with E-state index in [2.05, 4.69) is 55.6 Å². The number of amides is 1. The second-order valence-electron chi connectivity index (χ2n) is 29.9. The fourth-order valence-electron chi connectivity index (χ4n) is 14.1. The molecule has 0 bridgehead atoms. The maximum Gasteiger partial charge on any atom is 0.220 e. The lowest BCUT2D eigenvalue weighted by Gasteiger charge is -2.48. The van der Waals surface area contributed by atoms with Crippen LogP contribution in [0.1, 0.15) is 341 Å². The Morgan fingerprint density at radius 2 is 0.647 bits per heavy atom. The average Bonchev–Trinajstić information content (AvgIpc) is 0.781. The van der Waals surface area contributed by atoms with E-state index < -0.39 is 124 Å². The second kappa shape index (κ2) is 63.7. The molecule has 0 aromatic carbocycles. The van der Waals surface area contributed by atoms with Crippen molar-refractivity contribution in [3.05, 3.63) is 48.6 Å². The first-order valence-corrected chi connectivity index (χ1v) is 41.9. The Morgan fingerprint density at radius 3 is 1.01 bits per heavy atom. The molecule has 3 saturated heterocycles. The molecular formula is C83H153NO18. The van der Waals surface area contributed by atoms with Gasteiger partial charge in [-0.05, 0) is 57.8 Å². The summed E-state index contributed by atoms with van der Waals surface area (Å²) in [5, 5.41) is 121. The Balaban J connectivity index is 1.36. The van der Waals surface area contributed by atoms with Gasteiger partial charge in [-0.25, -0.2) is 0 Å². The number of allylic oxidation sites excluding steroid dienone is 7. The smallest absolute Gasteiger partial charge is 0.220 e. The van der Waals surface area contributed by atoms with Gasteiger partial charge in [0.1, 0.15) is 73.2 Å². The predicted molar refractivity (Wildman–Crippen MR) is 406 cm³/mol. The molecule has 17 unspecified atom stereocenters. The fraction of sp³-hybridized carbons (Fsp3) is 0.892. The first-order valence-electron chi connectivity index (χ1n) is 41.9. The van der Waals surface area contributed by atoms with Gasteiger partial charge < -0.3 is 89.9 Å². The van der Waals surface area contributed by atoms with Gasteiger partial charge in [0.2, 0.25) is 5.91 Å². The highest BCUT2D eigenvalue weighted by atomic mass is 16.8. The molecule has 3 rings (SSSR count). The monoisotopic (exact) mass is 1450 g/mol. The van der Waals surface area contributed by atoms with Crippen molar-refractivity contribution < 1.29 is 89.4 Å². The molecular weight excluding hydrogens is 1300 g/mol. The van der Waals surface area contributed by atoms with Gasteiger partial charge in [-0.3, -0.25) is 4.79 Å². The van der Waals surface area contributed by atoms with Crippen LogP contribution in [-0.2, 0) is 33.2 Å². The summed E-state index contributed by atoms with van der Waals surface area (Å²) < 4.78 is 34.5. The van der Waals surface area contributed by atoms with E-state index in [0.717, 1.165) is 57.8 Å². The van der Waals surface area contributed by atoms with Crippen molar-refractivity contribution in [2.24, 2.45) is 0 Å². The standard InChI is InChI=1S/C83H153NO18/c1-3-5-7-9-11-13-15-17-19-21-23-25-27-29-31-32-33-34-35-37-39-41-43-45-47-49-51-53-55-57-59-61-71(89)84-66(67(88)60-58-56-54-52-50-48-46-44-42-40-38-36-30-28-26-24-22-20-18-16-14-12-10-8-6-4-2)65-97-81-77(95)74(92)79(69(63-86)99-81)102-83-78(96)75(93)80(70(64-87)100-83)101-82-76(94)73(91)72(90)68(62-85)98-82/h15,17,21,23,27,29,58,60,66-70,72-83,85-88,90-96H,3-14,16,18-20,22,24-26,28,30-57,59,61-65H2,1-2H3,(H,84,89)/b17-15-,23-21-,29-27-,60-58+. The Hall–Kier alpha value is -2.25. The number of aliphatic hydroxyl groups is 11. The highest BCUT2D eigenvalue weighted by Gasteiger charge is 2.54. The number of hydrogen-bond acceptors (Lipinski definition) is 18. The molecule has 19 heteroatoms. The minimum atomic E-state index is -1.98. The molecule has 0 aromatic heterocycles. The molecule has 0 aliphatic carbocycles. The number of ether oxygens (including phenoxy) is 6. The van der Waals surface area contributed by atoms with Crippen molar-refractivity contribution >= 4 is 5.91 Å². The van der Waals surface area contributed by atoms with Gasteiger partial charge in [-0.15, -0.1) is 0 Å². The van der Waals surface area contributed by atoms with Crippen LogP contribution >= 0.6 is 0 Å². The Bertz CT molecular complexity index is 2030. The SMILES string of the molecule is CCCCCCC/C=C\C/C=C\C/C=C\CCCCCCCCCCCCCCCCCCC(=O)NC(COC1OC(CO)C(OC2OC(CO)C(OC3OC(CO)C(O)C(O)C3O)C(O)C2O)C(O)C1O)C(O)/C=C/CCCCCCCCCCCCCCCCCCCCCCCCCC. The summed E-state index contributed by atoms with van der Waals surface area (Å²) in [5.41, 5.74) is 0. The number of hydrogen-bond donors (Lipinski definition) is 12. The topological polar surface area (TPSA) is 307 Å². The van der Waals surface area contributed by atoms with Crippen LogP contribution < -0.4 is 5.32 Å². The van der Waals surface area contributed by atoms with Crippen molar-refractivity contribution in [3.8, 4) is 0 Å². The van der Waals surface area contributed by atoms with Crippen molar-refractivity contribution in [2.75, 3.05) is 26.4 Å². The van der Waals surface area contributed by atoms with Gasteiger partial charge in [0.25, 0.3) is 0 Å². The third-order valence-corrected chi connectivity index (χ3v) is 20.9. The average molecular weight is 1450 g/mol. The predicted octanol–water partition coefficient (Wildman–Crippen LogP) is 14.5. The summed E-state index contributed by atoms with van der Waals surface area (Å²) in [6.07, 6.45) is 53.8. The third-order valence-electron chi connectivity index (χ3n) is 20.9. The lowest BCUT2D eigenvalue weighted by molar-refractivity contribution is -0.379. The van der Waals surface area contributed by atoms with E-state index in [9.17, 15) is 61.0 Å². The van der Waals surface area contributed by atoms with Crippen LogP contribution in [-0.4, -0.2) is 193 Å². The highest BCUT2D eigenvalue weighted by Crippen LogP contribution is 2.33. The number of carbonyl (C=O) groups excluding carboxylic acids is 1. The lowest BCUT2D eigenvalue weighted by atomic mass is 9.96. The number of unbranched alkanes of at least 4 members (excludes halogenated alkanes) is 45. The molecule has 0 saturated carbocycles. The van der Waals surface area contributed by atoms with Crippen molar-refractivity contribution in [2.45, 2.75) is 446 Å². The summed E-state index contributed by atoms with van der Waals surface area (Å²) in [6, 6.07) is -0.975. The number of nitrogens with one attached hydrogen (secondary N) is 1. The Morgan fingerprint density at radius 1 is 0.353 bits per heavy atom. The van der Waals surface area contributed by atoms with Crippen LogP contribution in [0.25, 0.3) is 0 Å². The first-order chi connectivity index (χ1) is 49.8. The van der Waals surface area contributed by atoms with Gasteiger partial charge in [0.05, 0.1) is 38.6 Å². The molecule has 3 aliphatic heterocycles. The van der Waals surface area contributed by atoms with Crippen molar-refractivity contribution in [3.63, 3.8) is 0 Å². The van der Waals surface area contributed by atoms with E-state index >= 15 is 0 Å². The fourth-order valence-corrected chi connectivity index (χ4v) is 14.1. The molecule has 12 N–H and O–H groups in total. The van der Waals surface area contributed by atoms with E-state index in [0.29, 0.717) is 6.42 Å². The van der Waals surface area contributed by atoms with Gasteiger partial charge in [-0.1, -0.05) is 326 Å². The highest BCUT2D eigenvalue weighted by molar-refractivity contribution is 5.76. The zero-order chi connectivity index (χ0) is 73.9. The van der Waals surface area contributed by atoms with Crippen molar-refractivity contribution in [1.82, 2.24) is 5.32 Å². The number of carbonyl (C=O) groups is 1. The molecule has 19 nitrogen and oxygen atoms in total. The summed E-state index contributed by atoms with van der Waals surface area (Å²) in [4.78, 5) is 13.5. The summed E-state index contributed by atoms with van der Waals surface area (Å²) in [7, 11) is 0. The Labute approximate surface area is 618 Å². The second-order valence-corrected chi connectivity index (χ2v) is 29.9. The number of rotatable bonds is 67. The van der Waals surface area contributed by atoms with Crippen LogP contribution in [0.4, 0.5) is 0 Å². The normalized spacial score (nSPS) is 26.4. The zero-order valence-corrected chi connectivity index (χ0v) is 64.1. The molecule has 3 fully saturated rings. The molecule has 17 atom stereocenters. The van der Waals surface area contributed by atoms with E-state index in [1.54, 1.807) is 6.08 Å². The molecule has 3 heterocycles. The molecule has 102 heavy (non-hydrogen) atoms. The molecule has 1 amide bonds. The van der Waals surface area contributed by atoms with Crippen molar-refractivity contribution in [1.29, 1.82) is 0 Å². The van der Waals surface area contributed by atoms with Gasteiger partial charge in [-0.2, -0.15) is 0 Å². The molecule has 0 aromatic rings. The van der Waals surface area contributed by atoms with E-state index in [1.165, 1.54) is 257 Å². The quantitative estimate of drug-likeness (QED) is 0.0199. The minimum Gasteiger partial charge on any atom is -0.394 e. The number of aliphatic hydroxyl groups excluding tert-OH is 11. The third kappa shape index (κ3) is 43.1. The largest absolute Gasteiger partial charge is 0.394 e. The minimum absolute atomic E-state index is 0.244. The first kappa shape index (κ1) is 94.0. The van der Waals surface area contributed by atoms with Gasteiger partial charge >= 0.3 is 0 Å². The summed E-state index contributed by atoms with van der Waals surface area (Å²) in [5.74, 6) is -0.271. The van der Waals surface area contributed by atoms with Crippen LogP contribution in [0.3, 0.4) is 0 Å². The summed E-state index contributed by atoms with van der Waals surface area (Å²) >= 11 is 0. The lowest BCUT2D eigenvalue weighted by Crippen LogP contribution is -2.66. The van der Waals surface area contributed by atoms with E-state index in [-0.39, 0.29) is 18.9 Å². The zero-order valence-electron chi connectivity index (χ0n) is 64.1. The molecule has 0 spiro atoms. The Kier molecular flexibility index (Phi) is 58.6. The van der Waals surface area contributed by atoms with Crippen LogP contribution in [0.15, 0.2) is 48.6 Å². The van der Waals surface area contributed by atoms with E-state index in [4.69, 9.17) is 28.4 Å². The molecule has 3 aliphatic rings. The summed E-state index contributed by atoms with van der Waals surface area (Å²) in [6.45, 7) is 1.78. The van der Waals surface area contributed by atoms with E-state index in [1.807, 2.05) is 6.08 Å².